The molecule has 1 aromatic heterocycles. The van der Waals surface area contributed by atoms with Crippen LogP contribution in [0.5, 0.6) is 0 Å². The molecule has 90 valence electrons. The third-order valence-corrected chi connectivity index (χ3v) is 1.88. The van der Waals surface area contributed by atoms with Crippen LogP contribution in [-0.2, 0) is 12.7 Å². The van der Waals surface area contributed by atoms with Crippen molar-refractivity contribution in [2.75, 3.05) is 0 Å². The number of nitrogens with zero attached hydrogens (tertiary/aromatic N) is 4. The summed E-state index contributed by atoms with van der Waals surface area (Å²) in [6.45, 7) is 1.79. The van der Waals surface area contributed by atoms with Gasteiger partial charge < -0.3 is 10.1 Å². The maximum Gasteiger partial charge on any atom is 0.545 e. The van der Waals surface area contributed by atoms with Gasteiger partial charge in [-0.25, -0.2) is 0 Å². The molecular weight excluding hydrogens is 229 g/mol. The minimum atomic E-state index is -4.87. The fourth-order valence-corrected chi connectivity index (χ4v) is 1.18. The summed E-state index contributed by atoms with van der Waals surface area (Å²) in [7, 11) is 0. The van der Waals surface area contributed by atoms with E-state index in [2.05, 4.69) is 10.2 Å². The molecule has 0 bridgehead atoms. The first-order valence-electron chi connectivity index (χ1n) is 4.53. The van der Waals surface area contributed by atoms with Gasteiger partial charge in [0.1, 0.15) is 0 Å². The van der Waals surface area contributed by atoms with Crippen molar-refractivity contribution in [2.45, 2.75) is 32.5 Å². The number of alkyl halides is 3. The second kappa shape index (κ2) is 4.45. The van der Waals surface area contributed by atoms with Crippen LogP contribution in [0.3, 0.4) is 0 Å². The standard InChI is InChI=1S/C7H9F3N4O2/c1-2-3-4-5-11-12-6(14(15)16)13(5)7(8,9)10/h2-4H2,1H3. The zero-order valence-corrected chi connectivity index (χ0v) is 8.36. The molecule has 0 unspecified atom stereocenters. The van der Waals surface area contributed by atoms with Gasteiger partial charge in [-0.1, -0.05) is 13.3 Å². The summed E-state index contributed by atoms with van der Waals surface area (Å²) in [5.41, 5.74) is 0. The number of rotatable bonds is 4. The molecule has 0 spiro atoms. The van der Waals surface area contributed by atoms with Gasteiger partial charge in [0.2, 0.25) is 5.82 Å². The Morgan fingerprint density at radius 3 is 2.50 bits per heavy atom. The smallest absolute Gasteiger partial charge is 0.390 e. The average Bonchev–Trinajstić information content (AvgIpc) is 2.57. The molecule has 1 aromatic rings. The predicted octanol–water partition coefficient (Wildman–Crippen LogP) is 2.01. The number of halogens is 3. The van der Waals surface area contributed by atoms with E-state index in [0.717, 1.165) is 0 Å². The summed E-state index contributed by atoms with van der Waals surface area (Å²) in [6.07, 6.45) is -3.73. The predicted molar refractivity (Wildman–Crippen MR) is 46.6 cm³/mol. The van der Waals surface area contributed by atoms with E-state index >= 15 is 0 Å². The van der Waals surface area contributed by atoms with Crippen LogP contribution in [0.25, 0.3) is 0 Å². The molecule has 6 nitrogen and oxygen atoms in total. The molecule has 0 aliphatic heterocycles. The lowest BCUT2D eigenvalue weighted by atomic mass is 10.2. The molecule has 0 saturated heterocycles. The molecule has 0 aromatic carbocycles. The van der Waals surface area contributed by atoms with Crippen molar-refractivity contribution in [2.24, 2.45) is 0 Å². The number of aryl methyl sites for hydroxylation is 1. The van der Waals surface area contributed by atoms with Crippen molar-refractivity contribution in [3.63, 3.8) is 0 Å². The zero-order chi connectivity index (χ0) is 12.3. The van der Waals surface area contributed by atoms with Crippen molar-refractivity contribution in [3.8, 4) is 0 Å². The van der Waals surface area contributed by atoms with Crippen LogP contribution in [0.1, 0.15) is 25.6 Å². The van der Waals surface area contributed by atoms with E-state index in [9.17, 15) is 23.3 Å². The average molecular weight is 238 g/mol. The Hall–Kier alpha value is -1.67. The van der Waals surface area contributed by atoms with E-state index in [1.807, 2.05) is 0 Å². The normalized spacial score (nSPS) is 11.8. The molecule has 0 aliphatic carbocycles. The highest BCUT2D eigenvalue weighted by Gasteiger charge is 2.44. The Bertz CT molecular complexity index is 387. The van der Waals surface area contributed by atoms with E-state index in [0.29, 0.717) is 12.8 Å². The maximum atomic E-state index is 12.5. The molecule has 0 N–H and O–H groups in total. The quantitative estimate of drug-likeness (QED) is 0.594. The lowest BCUT2D eigenvalue weighted by Gasteiger charge is -2.06. The molecule has 1 heterocycles. The summed E-state index contributed by atoms with van der Waals surface area (Å²) < 4.78 is 37.1. The first-order valence-corrected chi connectivity index (χ1v) is 4.53. The monoisotopic (exact) mass is 238 g/mol. The van der Waals surface area contributed by atoms with Gasteiger partial charge in [0, 0.05) is 6.42 Å². The second-order valence-electron chi connectivity index (χ2n) is 3.08. The van der Waals surface area contributed by atoms with Gasteiger partial charge in [-0.15, -0.1) is 17.7 Å². The first kappa shape index (κ1) is 12.4. The molecule has 1 rings (SSSR count). The van der Waals surface area contributed by atoms with Crippen molar-refractivity contribution in [1.82, 2.24) is 14.8 Å². The molecular formula is C7H9F3N4O2. The van der Waals surface area contributed by atoms with Crippen molar-refractivity contribution in [3.05, 3.63) is 15.9 Å². The summed E-state index contributed by atoms with van der Waals surface area (Å²) in [6, 6.07) is 0. The molecule has 9 heteroatoms. The van der Waals surface area contributed by atoms with Crippen LogP contribution in [0.15, 0.2) is 0 Å². The van der Waals surface area contributed by atoms with Crippen LogP contribution >= 0.6 is 0 Å². The van der Waals surface area contributed by atoms with Crippen LogP contribution in [0, 0.1) is 10.1 Å². The summed E-state index contributed by atoms with van der Waals surface area (Å²) in [5, 5.41) is 16.5. The topological polar surface area (TPSA) is 73.8 Å². The molecule has 16 heavy (non-hydrogen) atoms. The fourth-order valence-electron chi connectivity index (χ4n) is 1.18. The van der Waals surface area contributed by atoms with Gasteiger partial charge >= 0.3 is 12.2 Å². The van der Waals surface area contributed by atoms with E-state index in [-0.39, 0.29) is 11.0 Å². The first-order chi connectivity index (χ1) is 7.38. The minimum absolute atomic E-state index is 0.0108. The zero-order valence-electron chi connectivity index (χ0n) is 8.36. The summed E-state index contributed by atoms with van der Waals surface area (Å²) in [5.74, 6) is -1.72. The van der Waals surface area contributed by atoms with Gasteiger partial charge in [0.25, 0.3) is 0 Å². The van der Waals surface area contributed by atoms with Gasteiger partial charge in [-0.2, -0.15) is 0 Å². The molecule has 0 aliphatic rings. The van der Waals surface area contributed by atoms with Crippen LogP contribution in [0.4, 0.5) is 19.1 Å². The number of hydrogen-bond donors (Lipinski definition) is 0. The maximum absolute atomic E-state index is 12.5. The number of unbranched alkanes of at least 4 members (excludes halogenated alkanes) is 1. The molecule has 0 atom stereocenters. The van der Waals surface area contributed by atoms with E-state index in [1.54, 1.807) is 6.92 Å². The highest BCUT2D eigenvalue weighted by molar-refractivity contribution is 5.09. The molecule has 0 amide bonds. The van der Waals surface area contributed by atoms with Crippen LogP contribution < -0.4 is 0 Å². The van der Waals surface area contributed by atoms with Gasteiger partial charge in [0.05, 0.1) is 5.10 Å². The lowest BCUT2D eigenvalue weighted by Crippen LogP contribution is -2.21. The Morgan fingerprint density at radius 1 is 1.44 bits per heavy atom. The van der Waals surface area contributed by atoms with Crippen molar-refractivity contribution >= 4 is 5.95 Å². The third kappa shape index (κ3) is 2.47. The molecule has 0 saturated carbocycles. The minimum Gasteiger partial charge on any atom is -0.390 e. The number of nitro groups is 1. The summed E-state index contributed by atoms with van der Waals surface area (Å²) in [4.78, 5) is 9.14. The molecule has 0 radical (unpaired) electrons. The van der Waals surface area contributed by atoms with Crippen LogP contribution in [-0.4, -0.2) is 19.7 Å². The number of hydrogen-bond acceptors (Lipinski definition) is 4. The highest BCUT2D eigenvalue weighted by Crippen LogP contribution is 2.29. The van der Waals surface area contributed by atoms with E-state index in [4.69, 9.17) is 0 Å². The highest BCUT2D eigenvalue weighted by atomic mass is 19.4. The fraction of sp³-hybridized carbons (Fsp3) is 0.714. The van der Waals surface area contributed by atoms with Gasteiger partial charge in [0.15, 0.2) is 0 Å². The largest absolute Gasteiger partial charge is 0.545 e. The second-order valence-corrected chi connectivity index (χ2v) is 3.08. The van der Waals surface area contributed by atoms with Crippen molar-refractivity contribution in [1.29, 1.82) is 0 Å². The van der Waals surface area contributed by atoms with Crippen molar-refractivity contribution < 1.29 is 18.1 Å². The Balaban J connectivity index is 3.15. The van der Waals surface area contributed by atoms with Gasteiger partial charge in [-0.3, -0.25) is 0 Å². The van der Waals surface area contributed by atoms with Gasteiger partial charge in [-0.05, 0) is 16.4 Å². The molecule has 0 fully saturated rings. The lowest BCUT2D eigenvalue weighted by molar-refractivity contribution is -0.404. The van der Waals surface area contributed by atoms with E-state index in [1.165, 1.54) is 0 Å². The van der Waals surface area contributed by atoms with E-state index < -0.39 is 23.0 Å². The summed E-state index contributed by atoms with van der Waals surface area (Å²) >= 11 is 0. The Labute approximate surface area is 88.2 Å². The SMILES string of the molecule is CCCCc1nnc([N+](=O)[O-])n1C(F)(F)F. The Kier molecular flexibility index (Phi) is 3.45. The van der Waals surface area contributed by atoms with Crippen LogP contribution in [0.2, 0.25) is 0 Å². The third-order valence-electron chi connectivity index (χ3n) is 1.88. The number of aromatic nitrogens is 3. The Morgan fingerprint density at radius 2 is 2.06 bits per heavy atom.